The van der Waals surface area contributed by atoms with Crippen molar-refractivity contribution in [1.82, 2.24) is 0 Å². The largest absolute Gasteiger partial charge is 0.207 e. The van der Waals surface area contributed by atoms with Gasteiger partial charge in [0.1, 0.15) is 5.82 Å². The van der Waals surface area contributed by atoms with Crippen LogP contribution >= 0.6 is 34.5 Å². The first-order valence-electron chi connectivity index (χ1n) is 5.61. The molecule has 2 aromatic rings. The molecule has 0 saturated carbocycles. The number of benzene rings is 1. The minimum Gasteiger partial charge on any atom is -0.207 e. The zero-order chi connectivity index (χ0) is 13.0. The molecule has 0 aliphatic heterocycles. The van der Waals surface area contributed by atoms with Crippen LogP contribution in [-0.2, 0) is 11.8 Å². The lowest BCUT2D eigenvalue weighted by Gasteiger charge is -2.30. The molecule has 18 heavy (non-hydrogen) atoms. The van der Waals surface area contributed by atoms with Gasteiger partial charge in [0, 0.05) is 22.1 Å². The summed E-state index contributed by atoms with van der Waals surface area (Å²) in [4.78, 5) is 1.17. The van der Waals surface area contributed by atoms with Crippen molar-refractivity contribution in [2.45, 2.75) is 11.8 Å². The van der Waals surface area contributed by atoms with Gasteiger partial charge >= 0.3 is 0 Å². The van der Waals surface area contributed by atoms with Crippen molar-refractivity contribution in [3.63, 3.8) is 0 Å². The van der Waals surface area contributed by atoms with Gasteiger partial charge in [0.05, 0.1) is 0 Å². The smallest absolute Gasteiger partial charge is 0.127 e. The third-order valence-electron chi connectivity index (χ3n) is 3.05. The van der Waals surface area contributed by atoms with Gasteiger partial charge in [0.15, 0.2) is 0 Å². The maximum Gasteiger partial charge on any atom is 0.127 e. The molecule has 1 heterocycles. The van der Waals surface area contributed by atoms with Gasteiger partial charge in [0.25, 0.3) is 0 Å². The molecule has 0 nitrogen and oxygen atoms in total. The Morgan fingerprint density at radius 1 is 1.06 bits per heavy atom. The maximum atomic E-state index is 14.0. The molecule has 0 aliphatic carbocycles. The molecule has 1 aromatic carbocycles. The molecule has 0 spiro atoms. The Hall–Kier alpha value is -0.570. The van der Waals surface area contributed by atoms with Gasteiger partial charge in [-0.15, -0.1) is 34.5 Å². The Morgan fingerprint density at radius 2 is 1.78 bits per heavy atom. The molecule has 2 rings (SSSR count). The number of rotatable bonds is 5. The molecular weight excluding hydrogens is 290 g/mol. The van der Waals surface area contributed by atoms with Crippen LogP contribution < -0.4 is 0 Å². The number of hydrogen-bond donors (Lipinski definition) is 0. The van der Waals surface area contributed by atoms with Gasteiger partial charge in [-0.1, -0.05) is 24.3 Å². The topological polar surface area (TPSA) is 0 Å². The third-order valence-corrected chi connectivity index (χ3v) is 4.95. The van der Waals surface area contributed by atoms with E-state index in [4.69, 9.17) is 23.2 Å². The van der Waals surface area contributed by atoms with E-state index in [0.717, 1.165) is 0 Å². The van der Waals surface area contributed by atoms with E-state index >= 15 is 0 Å². The molecule has 0 radical (unpaired) electrons. The summed E-state index contributed by atoms with van der Waals surface area (Å²) in [6, 6.07) is 10.7. The molecular formula is C14H13Cl2FS. The highest BCUT2D eigenvalue weighted by atomic mass is 35.5. The molecule has 0 aliphatic rings. The predicted octanol–water partition coefficient (Wildman–Crippen LogP) is 4.85. The molecule has 0 saturated heterocycles. The molecule has 96 valence electrons. The van der Waals surface area contributed by atoms with Crippen molar-refractivity contribution < 1.29 is 4.39 Å². The van der Waals surface area contributed by atoms with Crippen LogP contribution in [0.15, 0.2) is 41.8 Å². The first kappa shape index (κ1) is 13.9. The van der Waals surface area contributed by atoms with Gasteiger partial charge < -0.3 is 0 Å². The van der Waals surface area contributed by atoms with E-state index in [-0.39, 0.29) is 5.82 Å². The van der Waals surface area contributed by atoms with Crippen LogP contribution in [0.2, 0.25) is 0 Å². The second-order valence-corrected chi connectivity index (χ2v) is 5.85. The highest BCUT2D eigenvalue weighted by molar-refractivity contribution is 7.09. The van der Waals surface area contributed by atoms with Crippen molar-refractivity contribution in [2.24, 2.45) is 0 Å². The van der Waals surface area contributed by atoms with Crippen molar-refractivity contribution >= 4 is 34.5 Å². The fourth-order valence-electron chi connectivity index (χ4n) is 2.01. The summed E-state index contributed by atoms with van der Waals surface area (Å²) in [6.07, 6.45) is 0.665. The molecule has 4 heteroatoms. The predicted molar refractivity (Wildman–Crippen MR) is 77.5 cm³/mol. The van der Waals surface area contributed by atoms with Gasteiger partial charge in [-0.25, -0.2) is 4.39 Å². The average Bonchev–Trinajstić information content (AvgIpc) is 2.90. The highest BCUT2D eigenvalue weighted by Gasteiger charge is 2.33. The lowest BCUT2D eigenvalue weighted by Crippen LogP contribution is -2.34. The third kappa shape index (κ3) is 2.71. The molecule has 0 unspecified atom stereocenters. The van der Waals surface area contributed by atoms with E-state index in [1.807, 2.05) is 23.6 Å². The maximum absolute atomic E-state index is 14.0. The van der Waals surface area contributed by atoms with Crippen LogP contribution in [0.4, 0.5) is 4.39 Å². The van der Waals surface area contributed by atoms with Crippen molar-refractivity contribution in [2.75, 3.05) is 11.8 Å². The average molecular weight is 303 g/mol. The van der Waals surface area contributed by atoms with E-state index in [1.54, 1.807) is 23.5 Å². The Kier molecular flexibility index (Phi) is 4.66. The fraction of sp³-hybridized carbons (Fsp3) is 0.286. The Morgan fingerprint density at radius 3 is 2.33 bits per heavy atom. The summed E-state index contributed by atoms with van der Waals surface area (Å²) in [6.45, 7) is 0. The number of thiophene rings is 1. The zero-order valence-corrected chi connectivity index (χ0v) is 12.0. The van der Waals surface area contributed by atoms with Gasteiger partial charge in [-0.05, 0) is 29.5 Å². The molecule has 0 fully saturated rings. The molecule has 0 amide bonds. The minimum atomic E-state index is -0.542. The van der Waals surface area contributed by atoms with E-state index in [1.165, 1.54) is 10.9 Å². The molecule has 1 aromatic heterocycles. The monoisotopic (exact) mass is 302 g/mol. The first-order chi connectivity index (χ1) is 8.72. The summed E-state index contributed by atoms with van der Waals surface area (Å²) in [7, 11) is 0. The Labute approximate surface area is 120 Å². The van der Waals surface area contributed by atoms with Gasteiger partial charge in [-0.2, -0.15) is 0 Å². The normalized spacial score (nSPS) is 11.7. The van der Waals surface area contributed by atoms with Crippen LogP contribution in [0.1, 0.15) is 10.4 Å². The number of hydrogen-bond acceptors (Lipinski definition) is 1. The fourth-order valence-corrected chi connectivity index (χ4v) is 3.62. The second kappa shape index (κ2) is 6.05. The van der Waals surface area contributed by atoms with Crippen LogP contribution in [0.5, 0.6) is 0 Å². The zero-order valence-electron chi connectivity index (χ0n) is 9.70. The number of alkyl halides is 2. The summed E-state index contributed by atoms with van der Waals surface area (Å²) >= 11 is 13.8. The van der Waals surface area contributed by atoms with Crippen LogP contribution in [0.25, 0.3) is 0 Å². The summed E-state index contributed by atoms with van der Waals surface area (Å²) in [5.41, 5.74) is 0.0580. The molecule has 0 atom stereocenters. The highest BCUT2D eigenvalue weighted by Crippen LogP contribution is 2.34. The second-order valence-electron chi connectivity index (χ2n) is 4.28. The van der Waals surface area contributed by atoms with Crippen LogP contribution in [-0.4, -0.2) is 11.8 Å². The Bertz CT molecular complexity index is 492. The van der Waals surface area contributed by atoms with Crippen molar-refractivity contribution in [1.29, 1.82) is 0 Å². The summed E-state index contributed by atoms with van der Waals surface area (Å²) in [5, 5.41) is 2.00. The Balaban J connectivity index is 2.40. The molecule has 0 bridgehead atoms. The van der Waals surface area contributed by atoms with E-state index in [2.05, 4.69) is 0 Å². The standard InChI is InChI=1S/C14H13Cl2FS/c15-9-14(10-16,8-11-4-3-7-18-11)12-5-1-2-6-13(12)17/h1-7H,8-10H2. The minimum absolute atomic E-state index is 0.240. The quantitative estimate of drug-likeness (QED) is 0.693. The van der Waals surface area contributed by atoms with Gasteiger partial charge in [-0.3, -0.25) is 0 Å². The van der Waals surface area contributed by atoms with E-state index in [0.29, 0.717) is 23.7 Å². The van der Waals surface area contributed by atoms with Crippen molar-refractivity contribution in [3.8, 4) is 0 Å². The van der Waals surface area contributed by atoms with Gasteiger partial charge in [0.2, 0.25) is 0 Å². The lowest BCUT2D eigenvalue weighted by atomic mass is 9.80. The number of halogens is 3. The summed E-state index contributed by atoms with van der Waals surface area (Å²) < 4.78 is 14.0. The van der Waals surface area contributed by atoms with Crippen molar-refractivity contribution in [3.05, 3.63) is 58.0 Å². The lowest BCUT2D eigenvalue weighted by molar-refractivity contribution is 0.494. The van der Waals surface area contributed by atoms with Crippen LogP contribution in [0.3, 0.4) is 0 Å². The SMILES string of the molecule is Fc1ccccc1C(CCl)(CCl)Cc1cccs1. The molecule has 0 N–H and O–H groups in total. The summed E-state index contributed by atoms with van der Waals surface area (Å²) in [5.74, 6) is 0.361. The van der Waals surface area contributed by atoms with E-state index in [9.17, 15) is 4.39 Å². The van der Waals surface area contributed by atoms with E-state index < -0.39 is 5.41 Å². The first-order valence-corrected chi connectivity index (χ1v) is 7.56. The van der Waals surface area contributed by atoms with Crippen LogP contribution in [0, 0.1) is 5.82 Å².